The molecule has 1 unspecified atom stereocenters. The number of piperidine rings is 2. The van der Waals surface area contributed by atoms with Crippen LogP contribution in [0.5, 0.6) is 5.75 Å². The smallest absolute Gasteiger partial charge is 0.234 e. The Hall–Kier alpha value is -3.06. The number of hydrogen-bond acceptors (Lipinski definition) is 6. The van der Waals surface area contributed by atoms with Crippen LogP contribution in [0, 0.1) is 23.1 Å². The monoisotopic (exact) mass is 540 g/mol. The first-order valence-corrected chi connectivity index (χ1v) is 13.7. The number of likely N-dealkylation sites (tertiary alicyclic amines) is 2. The van der Waals surface area contributed by atoms with Gasteiger partial charge in [-0.3, -0.25) is 9.69 Å². The van der Waals surface area contributed by atoms with Crippen LogP contribution >= 0.6 is 0 Å². The SMILES string of the molecule is CC(C)(F)CN1CCC(COc2ccc(-c3ccc(C(O)N4CCCC[C@@H]4C(N)=O)c(F)c3)cc2C#N)CC1. The first-order valence-electron chi connectivity index (χ1n) is 13.7. The summed E-state index contributed by atoms with van der Waals surface area (Å²) in [7, 11) is 0. The van der Waals surface area contributed by atoms with Crippen molar-refractivity contribution in [1.82, 2.24) is 9.80 Å². The lowest BCUT2D eigenvalue weighted by molar-refractivity contribution is -0.131. The van der Waals surface area contributed by atoms with E-state index in [9.17, 15) is 19.6 Å². The summed E-state index contributed by atoms with van der Waals surface area (Å²) in [6, 6.07) is 11.2. The van der Waals surface area contributed by atoms with Crippen LogP contribution in [-0.4, -0.2) is 65.3 Å². The van der Waals surface area contributed by atoms with Gasteiger partial charge in [0, 0.05) is 18.7 Å². The summed E-state index contributed by atoms with van der Waals surface area (Å²) in [5.74, 6) is -0.320. The normalized spacial score (nSPS) is 20.4. The second kappa shape index (κ2) is 12.4. The van der Waals surface area contributed by atoms with E-state index < -0.39 is 29.7 Å². The number of carbonyl (C=O) groups is 1. The quantitative estimate of drug-likeness (QED) is 0.484. The predicted octanol–water partition coefficient (Wildman–Crippen LogP) is 4.53. The van der Waals surface area contributed by atoms with E-state index in [1.165, 1.54) is 12.1 Å². The maximum Gasteiger partial charge on any atom is 0.234 e. The second-order valence-corrected chi connectivity index (χ2v) is 11.3. The zero-order chi connectivity index (χ0) is 28.2. The van der Waals surface area contributed by atoms with E-state index in [-0.39, 0.29) is 5.56 Å². The van der Waals surface area contributed by atoms with Crippen molar-refractivity contribution >= 4 is 5.91 Å². The van der Waals surface area contributed by atoms with Gasteiger partial charge in [-0.05, 0) is 87.9 Å². The van der Waals surface area contributed by atoms with Gasteiger partial charge in [0.05, 0.1) is 18.2 Å². The van der Waals surface area contributed by atoms with Gasteiger partial charge in [0.25, 0.3) is 0 Å². The van der Waals surface area contributed by atoms with Crippen molar-refractivity contribution in [1.29, 1.82) is 5.26 Å². The highest BCUT2D eigenvalue weighted by molar-refractivity contribution is 5.80. The summed E-state index contributed by atoms with van der Waals surface area (Å²) in [5, 5.41) is 20.6. The molecule has 2 aromatic carbocycles. The molecule has 2 atom stereocenters. The number of aliphatic hydroxyl groups excluding tert-OH is 1. The highest BCUT2D eigenvalue weighted by atomic mass is 19.1. The lowest BCUT2D eigenvalue weighted by atomic mass is 9.96. The standard InChI is InChI=1S/C30H38F2N4O3/c1-30(2,32)19-35-13-10-20(11-14-35)18-39-27-9-7-21(15-23(27)17-33)22-6-8-24(25(31)16-22)29(38)36-12-4-3-5-26(36)28(34)37/h6-9,15-16,20,26,29,38H,3-5,10-14,18-19H2,1-2H3,(H2,34,37)/t26-,29?/m1/s1. The van der Waals surface area contributed by atoms with Crippen molar-refractivity contribution in [2.75, 3.05) is 32.8 Å². The molecule has 0 radical (unpaired) electrons. The lowest BCUT2D eigenvalue weighted by Gasteiger charge is -2.37. The molecule has 210 valence electrons. The number of nitriles is 1. The summed E-state index contributed by atoms with van der Waals surface area (Å²) >= 11 is 0. The molecule has 4 rings (SSSR count). The van der Waals surface area contributed by atoms with Crippen molar-refractivity contribution in [3.05, 3.63) is 53.3 Å². The Balaban J connectivity index is 1.41. The molecule has 2 aliphatic rings. The van der Waals surface area contributed by atoms with Gasteiger partial charge in [0.2, 0.25) is 5.91 Å². The van der Waals surface area contributed by atoms with Crippen LogP contribution in [0.2, 0.25) is 0 Å². The highest BCUT2D eigenvalue weighted by Crippen LogP contribution is 2.32. The molecule has 0 spiro atoms. The van der Waals surface area contributed by atoms with Crippen molar-refractivity contribution in [3.63, 3.8) is 0 Å². The van der Waals surface area contributed by atoms with Crippen LogP contribution in [0.3, 0.4) is 0 Å². The Kier molecular flexibility index (Phi) is 9.21. The fraction of sp³-hybridized carbons (Fsp3) is 0.533. The van der Waals surface area contributed by atoms with Crippen LogP contribution in [0.15, 0.2) is 36.4 Å². The van der Waals surface area contributed by atoms with Gasteiger partial charge in [0.15, 0.2) is 0 Å². The first kappa shape index (κ1) is 28.9. The molecule has 0 aromatic heterocycles. The molecule has 2 aliphatic heterocycles. The van der Waals surface area contributed by atoms with E-state index >= 15 is 4.39 Å². The number of benzene rings is 2. The lowest BCUT2D eigenvalue weighted by Crippen LogP contribution is -2.49. The van der Waals surface area contributed by atoms with E-state index in [1.54, 1.807) is 43.0 Å². The van der Waals surface area contributed by atoms with E-state index in [0.717, 1.165) is 38.8 Å². The zero-order valence-corrected chi connectivity index (χ0v) is 22.7. The van der Waals surface area contributed by atoms with Gasteiger partial charge in [-0.25, -0.2) is 8.78 Å². The van der Waals surface area contributed by atoms with Crippen LogP contribution in [0.25, 0.3) is 11.1 Å². The number of primary amides is 1. The topological polar surface area (TPSA) is 103 Å². The number of alkyl halides is 1. The molecular weight excluding hydrogens is 502 g/mol. The molecule has 1 amide bonds. The van der Waals surface area contributed by atoms with Crippen molar-refractivity contribution in [3.8, 4) is 22.9 Å². The fourth-order valence-corrected chi connectivity index (χ4v) is 5.62. The van der Waals surface area contributed by atoms with Crippen molar-refractivity contribution in [2.45, 2.75) is 63.9 Å². The minimum absolute atomic E-state index is 0.0773. The van der Waals surface area contributed by atoms with Crippen LogP contribution < -0.4 is 10.5 Å². The van der Waals surface area contributed by atoms with Gasteiger partial charge in [-0.2, -0.15) is 5.26 Å². The van der Waals surface area contributed by atoms with Crippen molar-refractivity contribution < 1.29 is 23.4 Å². The number of nitrogens with zero attached hydrogens (tertiary/aromatic N) is 3. The molecule has 0 aliphatic carbocycles. The summed E-state index contributed by atoms with van der Waals surface area (Å²) in [6.07, 6.45) is 2.70. The molecule has 39 heavy (non-hydrogen) atoms. The minimum Gasteiger partial charge on any atom is -0.492 e. The van der Waals surface area contributed by atoms with Gasteiger partial charge in [0.1, 0.15) is 29.5 Å². The number of ether oxygens (including phenoxy) is 1. The van der Waals surface area contributed by atoms with Gasteiger partial charge < -0.3 is 20.5 Å². The second-order valence-electron chi connectivity index (χ2n) is 11.3. The van der Waals surface area contributed by atoms with Crippen molar-refractivity contribution in [2.24, 2.45) is 11.7 Å². The van der Waals surface area contributed by atoms with Gasteiger partial charge in [-0.15, -0.1) is 0 Å². The largest absolute Gasteiger partial charge is 0.492 e. The molecule has 3 N–H and O–H groups in total. The molecule has 7 nitrogen and oxygen atoms in total. The third kappa shape index (κ3) is 7.33. The molecule has 2 fully saturated rings. The third-order valence-electron chi connectivity index (χ3n) is 7.68. The number of carbonyl (C=O) groups excluding carboxylic acids is 1. The molecule has 2 aromatic rings. The number of hydrogen-bond donors (Lipinski definition) is 2. The summed E-state index contributed by atoms with van der Waals surface area (Å²) in [6.45, 7) is 6.19. The zero-order valence-electron chi connectivity index (χ0n) is 22.7. The Morgan fingerprint density at radius 1 is 1.15 bits per heavy atom. The summed E-state index contributed by atoms with van der Waals surface area (Å²) in [5.41, 5.74) is 5.93. The number of aliphatic hydroxyl groups is 1. The first-order chi connectivity index (χ1) is 18.6. The highest BCUT2D eigenvalue weighted by Gasteiger charge is 2.33. The van der Waals surface area contributed by atoms with E-state index in [0.29, 0.717) is 54.5 Å². The number of rotatable bonds is 9. The number of amides is 1. The fourth-order valence-electron chi connectivity index (χ4n) is 5.62. The Labute approximate surface area is 229 Å². The van der Waals surface area contributed by atoms with E-state index in [4.69, 9.17) is 10.5 Å². The van der Waals surface area contributed by atoms with Crippen LogP contribution in [0.4, 0.5) is 8.78 Å². The number of nitrogens with two attached hydrogens (primary N) is 1. The van der Waals surface area contributed by atoms with Gasteiger partial charge >= 0.3 is 0 Å². The molecule has 2 saturated heterocycles. The third-order valence-corrected chi connectivity index (χ3v) is 7.68. The summed E-state index contributed by atoms with van der Waals surface area (Å²) in [4.78, 5) is 15.5. The summed E-state index contributed by atoms with van der Waals surface area (Å²) < 4.78 is 35.1. The Morgan fingerprint density at radius 3 is 2.49 bits per heavy atom. The van der Waals surface area contributed by atoms with E-state index in [1.807, 2.05) is 0 Å². The molecule has 0 bridgehead atoms. The van der Waals surface area contributed by atoms with E-state index in [2.05, 4.69) is 11.0 Å². The average Bonchev–Trinajstić information content (AvgIpc) is 2.91. The molecule has 2 heterocycles. The molecular formula is C30H38F2N4O3. The maximum atomic E-state index is 15.2. The van der Waals surface area contributed by atoms with Crippen LogP contribution in [0.1, 0.15) is 63.3 Å². The predicted molar refractivity (Wildman–Crippen MR) is 145 cm³/mol. The minimum atomic E-state index is -1.28. The Bertz CT molecular complexity index is 1200. The number of halogens is 2. The maximum absolute atomic E-state index is 15.2. The average molecular weight is 541 g/mol. The molecule has 0 saturated carbocycles. The Morgan fingerprint density at radius 2 is 1.85 bits per heavy atom. The molecule has 9 heteroatoms. The van der Waals surface area contributed by atoms with Crippen LogP contribution in [-0.2, 0) is 4.79 Å². The van der Waals surface area contributed by atoms with Gasteiger partial charge in [-0.1, -0.05) is 24.6 Å².